The normalized spacial score (nSPS) is 20.5. The summed E-state index contributed by atoms with van der Waals surface area (Å²) in [5.41, 5.74) is 0. The van der Waals surface area contributed by atoms with E-state index in [1.807, 2.05) is 0 Å². The lowest BCUT2D eigenvalue weighted by molar-refractivity contribution is -0.593. The molecule has 0 radical (unpaired) electrons. The Bertz CT molecular complexity index is 469. The minimum absolute atomic E-state index is 0.197. The molecule has 0 aliphatic carbocycles. The summed E-state index contributed by atoms with van der Waals surface area (Å²) < 4.78 is 65.1. The molecule has 0 bridgehead atoms. The monoisotopic (exact) mass is 262 g/mol. The summed E-state index contributed by atoms with van der Waals surface area (Å²) in [6.45, 7) is 1.44. The van der Waals surface area contributed by atoms with Crippen molar-refractivity contribution in [1.29, 1.82) is 0 Å². The molecule has 1 rings (SSSR count). The van der Waals surface area contributed by atoms with Crippen molar-refractivity contribution in [3.05, 3.63) is 12.4 Å². The standard InChI is InChI=1S/C4H5FN2O2S.H2O4S/c1-4-6-2-3-7(4)10(5,8)9;1-5(2,3)4/h2-3H,1H3;(H2,1,2,3,4). The van der Waals surface area contributed by atoms with Crippen molar-refractivity contribution in [3.8, 4) is 0 Å². The molecule has 0 amide bonds. The Balaban J connectivity index is 0.000000336. The molecule has 15 heavy (non-hydrogen) atoms. The third kappa shape index (κ3) is 7.10. The van der Waals surface area contributed by atoms with Crippen LogP contribution in [0.4, 0.5) is 3.89 Å². The van der Waals surface area contributed by atoms with E-state index < -0.39 is 20.8 Å². The van der Waals surface area contributed by atoms with E-state index in [1.54, 1.807) is 0 Å². The SMILES string of the molecule is CC1=NC=C[NH+]1S(=O)(=O)F.O=S(=O)([O-])O. The van der Waals surface area contributed by atoms with Gasteiger partial charge in [0.2, 0.25) is 16.2 Å². The highest BCUT2D eigenvalue weighted by Gasteiger charge is 2.28. The van der Waals surface area contributed by atoms with Gasteiger partial charge in [-0.1, -0.05) is 3.89 Å². The summed E-state index contributed by atoms with van der Waals surface area (Å²) >= 11 is 0. The second-order valence-electron chi connectivity index (χ2n) is 2.26. The van der Waals surface area contributed by atoms with Gasteiger partial charge in [0.25, 0.3) is 0 Å². The first-order valence-corrected chi connectivity index (χ1v) is 5.98. The molecule has 0 spiro atoms. The fourth-order valence-electron chi connectivity index (χ4n) is 0.659. The maximum absolute atomic E-state index is 12.1. The second-order valence-corrected chi connectivity index (χ2v) is 4.43. The number of nitrogens with zero attached hydrogens (tertiary/aromatic N) is 1. The maximum Gasteiger partial charge on any atom is 0.483 e. The Morgan fingerprint density at radius 2 is 1.87 bits per heavy atom. The highest BCUT2D eigenvalue weighted by Crippen LogP contribution is 1.85. The third-order valence-electron chi connectivity index (χ3n) is 1.11. The molecule has 0 aromatic heterocycles. The average molecular weight is 262 g/mol. The van der Waals surface area contributed by atoms with Crippen LogP contribution in [0.3, 0.4) is 0 Å². The molecule has 2 N–H and O–H groups in total. The van der Waals surface area contributed by atoms with E-state index >= 15 is 0 Å². The van der Waals surface area contributed by atoms with Crippen LogP contribution < -0.4 is 4.31 Å². The number of amidine groups is 1. The molecule has 88 valence electrons. The van der Waals surface area contributed by atoms with E-state index in [0.717, 1.165) is 6.20 Å². The van der Waals surface area contributed by atoms with Gasteiger partial charge >= 0.3 is 10.4 Å². The summed E-state index contributed by atoms with van der Waals surface area (Å²) in [5.74, 6) is 0.197. The molecule has 1 atom stereocenters. The van der Waals surface area contributed by atoms with Crippen LogP contribution in [0.5, 0.6) is 0 Å². The van der Waals surface area contributed by atoms with Crippen molar-refractivity contribution >= 4 is 26.6 Å². The molecule has 1 aliphatic heterocycles. The van der Waals surface area contributed by atoms with Gasteiger partial charge in [0.1, 0.15) is 6.20 Å². The van der Waals surface area contributed by atoms with Crippen molar-refractivity contribution in [2.45, 2.75) is 6.92 Å². The van der Waals surface area contributed by atoms with Gasteiger partial charge in [-0.25, -0.2) is 13.4 Å². The van der Waals surface area contributed by atoms with Gasteiger partial charge in [0.15, 0.2) is 0 Å². The lowest BCUT2D eigenvalue weighted by atomic mass is 10.7. The molecular formula is C4H7FN2O6S2. The van der Waals surface area contributed by atoms with Crippen LogP contribution in [0.1, 0.15) is 6.92 Å². The number of halogens is 1. The molecule has 0 aromatic carbocycles. The van der Waals surface area contributed by atoms with E-state index in [2.05, 4.69) is 4.99 Å². The van der Waals surface area contributed by atoms with E-state index in [0.29, 0.717) is 0 Å². The van der Waals surface area contributed by atoms with Crippen LogP contribution in [0, 0.1) is 0 Å². The van der Waals surface area contributed by atoms with E-state index in [-0.39, 0.29) is 10.1 Å². The largest absolute Gasteiger partial charge is 0.726 e. The van der Waals surface area contributed by atoms with E-state index in [4.69, 9.17) is 17.5 Å². The van der Waals surface area contributed by atoms with Crippen LogP contribution in [-0.2, 0) is 20.8 Å². The lowest BCUT2D eigenvalue weighted by Gasteiger charge is -1.99. The summed E-state index contributed by atoms with van der Waals surface area (Å²) in [5, 5.41) is 0. The van der Waals surface area contributed by atoms with Crippen molar-refractivity contribution in [2.75, 3.05) is 0 Å². The van der Waals surface area contributed by atoms with Crippen LogP contribution in [0.2, 0.25) is 0 Å². The molecule has 1 heterocycles. The zero-order chi connectivity index (χ0) is 12.3. The Hall–Kier alpha value is -0.880. The fourth-order valence-corrected chi connectivity index (χ4v) is 1.29. The topological polar surface area (TPSA) is 128 Å². The second kappa shape index (κ2) is 4.76. The number of aliphatic imine (C=N–C) groups is 1. The number of hydrogen-bond acceptors (Lipinski definition) is 6. The fraction of sp³-hybridized carbons (Fsp3) is 0.250. The van der Waals surface area contributed by atoms with Crippen molar-refractivity contribution in [3.63, 3.8) is 0 Å². The molecule has 0 fully saturated rings. The highest BCUT2D eigenvalue weighted by molar-refractivity contribution is 7.80. The Kier molecular flexibility index (Phi) is 4.48. The van der Waals surface area contributed by atoms with E-state index in [9.17, 15) is 12.3 Å². The minimum atomic E-state index is -4.92. The van der Waals surface area contributed by atoms with Gasteiger partial charge in [0, 0.05) is 6.92 Å². The first-order chi connectivity index (χ1) is 6.52. The van der Waals surface area contributed by atoms with Gasteiger partial charge in [-0.2, -0.15) is 0 Å². The molecule has 8 nitrogen and oxygen atoms in total. The van der Waals surface area contributed by atoms with Crippen LogP contribution in [0.15, 0.2) is 17.4 Å². The number of rotatable bonds is 1. The highest BCUT2D eigenvalue weighted by atomic mass is 32.3. The first-order valence-electron chi connectivity index (χ1n) is 3.23. The summed E-state index contributed by atoms with van der Waals surface area (Å²) in [6.07, 6.45) is 2.38. The lowest BCUT2D eigenvalue weighted by Crippen LogP contribution is -3.10. The van der Waals surface area contributed by atoms with Crippen molar-refractivity contribution < 1.29 is 34.1 Å². The van der Waals surface area contributed by atoms with Crippen LogP contribution in [0.25, 0.3) is 0 Å². The number of hydrogen-bond donors (Lipinski definition) is 2. The Morgan fingerprint density at radius 3 is 2.00 bits per heavy atom. The van der Waals surface area contributed by atoms with Gasteiger partial charge in [-0.15, -0.1) is 12.7 Å². The molecule has 1 aliphatic rings. The quantitative estimate of drug-likeness (QED) is 0.319. The molecule has 0 saturated carbocycles. The molecular weight excluding hydrogens is 255 g/mol. The number of quaternary nitrogens is 1. The third-order valence-corrected chi connectivity index (χ3v) is 2.07. The summed E-state index contributed by atoms with van der Waals surface area (Å²) in [4.78, 5) is 3.56. The predicted molar refractivity (Wildman–Crippen MR) is 45.6 cm³/mol. The molecule has 0 aromatic rings. The van der Waals surface area contributed by atoms with Crippen LogP contribution in [-0.4, -0.2) is 31.8 Å². The Morgan fingerprint density at radius 1 is 1.47 bits per heavy atom. The first kappa shape index (κ1) is 14.1. The molecule has 1 unspecified atom stereocenters. The smallest absolute Gasteiger partial charge is 0.483 e. The van der Waals surface area contributed by atoms with Gasteiger partial charge in [-0.05, 0) is 0 Å². The average Bonchev–Trinajstić information content (AvgIpc) is 2.28. The van der Waals surface area contributed by atoms with Gasteiger partial charge < -0.3 is 4.55 Å². The van der Waals surface area contributed by atoms with Gasteiger partial charge in [-0.3, -0.25) is 4.55 Å². The van der Waals surface area contributed by atoms with Crippen molar-refractivity contribution in [1.82, 2.24) is 0 Å². The minimum Gasteiger partial charge on any atom is -0.726 e. The van der Waals surface area contributed by atoms with E-state index in [1.165, 1.54) is 13.1 Å². The summed E-state index contributed by atoms with van der Waals surface area (Å²) in [6, 6.07) is 0. The summed E-state index contributed by atoms with van der Waals surface area (Å²) in [7, 11) is -9.47. The zero-order valence-electron chi connectivity index (χ0n) is 7.28. The molecule has 11 heteroatoms. The van der Waals surface area contributed by atoms with Crippen LogP contribution >= 0.6 is 0 Å². The zero-order valence-corrected chi connectivity index (χ0v) is 8.92. The molecule has 0 saturated heterocycles. The van der Waals surface area contributed by atoms with Crippen molar-refractivity contribution in [2.24, 2.45) is 4.99 Å². The maximum atomic E-state index is 12.1. The Labute approximate surface area is 85.7 Å². The predicted octanol–water partition coefficient (Wildman–Crippen LogP) is -2.01. The van der Waals surface area contributed by atoms with Gasteiger partial charge in [0.05, 0.1) is 6.20 Å². The number of nitrogens with one attached hydrogen (secondary N) is 1.